The smallest absolute Gasteiger partial charge is 0.0383 e. The van der Waals surface area contributed by atoms with E-state index in [0.29, 0.717) is 0 Å². The molecule has 3 unspecified atom stereocenters. The molecule has 2 rings (SSSR count). The van der Waals surface area contributed by atoms with Gasteiger partial charge in [0, 0.05) is 0 Å². The Morgan fingerprint density at radius 1 is 0.536 bits per heavy atom. The zero-order valence-electron chi connectivity index (χ0n) is 20.4. The maximum absolute atomic E-state index is 2.58. The highest BCUT2D eigenvalue weighted by molar-refractivity contribution is 4.84. The van der Waals surface area contributed by atoms with Gasteiger partial charge in [-0.3, -0.25) is 0 Å². The fraction of sp³-hybridized carbons (Fsp3) is 1.00. The van der Waals surface area contributed by atoms with Gasteiger partial charge in [-0.2, -0.15) is 0 Å². The third-order valence-corrected chi connectivity index (χ3v) is 7.95. The van der Waals surface area contributed by atoms with Gasteiger partial charge in [-0.25, -0.2) is 0 Å². The third-order valence-electron chi connectivity index (χ3n) is 7.95. The number of hydrogen-bond acceptors (Lipinski definition) is 0. The Labute approximate surface area is 179 Å². The van der Waals surface area contributed by atoms with Crippen LogP contribution < -0.4 is 0 Å². The Hall–Kier alpha value is 0. The standard InChI is InChI=1S/C28H54/c1-22(2)10-8-13-23(3)11-6-7-12-24(4)14-9-15-25(5)28(20-26-16-17-26)21-27-18-19-27/h22-28H,6-21H2,1-5H3. The van der Waals surface area contributed by atoms with E-state index < -0.39 is 0 Å². The maximum Gasteiger partial charge on any atom is -0.0383 e. The average Bonchev–Trinajstić information content (AvgIpc) is 3.54. The normalized spacial score (nSPS) is 20.7. The van der Waals surface area contributed by atoms with Gasteiger partial charge in [0.05, 0.1) is 0 Å². The Morgan fingerprint density at radius 2 is 0.964 bits per heavy atom. The lowest BCUT2D eigenvalue weighted by atomic mass is 9.81. The molecule has 0 N–H and O–H groups in total. The predicted molar refractivity (Wildman–Crippen MR) is 127 cm³/mol. The molecule has 0 nitrogen and oxygen atoms in total. The van der Waals surface area contributed by atoms with Crippen LogP contribution in [0.3, 0.4) is 0 Å². The third kappa shape index (κ3) is 11.9. The molecule has 2 aliphatic carbocycles. The van der Waals surface area contributed by atoms with Crippen LogP contribution in [0.2, 0.25) is 0 Å². The average molecular weight is 391 g/mol. The first-order valence-electron chi connectivity index (χ1n) is 13.4. The summed E-state index contributed by atoms with van der Waals surface area (Å²) in [6.07, 6.45) is 24.0. The van der Waals surface area contributed by atoms with Gasteiger partial charge < -0.3 is 0 Å². The van der Waals surface area contributed by atoms with E-state index in [4.69, 9.17) is 0 Å². The molecular weight excluding hydrogens is 336 g/mol. The van der Waals surface area contributed by atoms with Crippen LogP contribution in [0.15, 0.2) is 0 Å². The molecule has 2 fully saturated rings. The minimum Gasteiger partial charge on any atom is -0.0628 e. The Kier molecular flexibility index (Phi) is 11.6. The van der Waals surface area contributed by atoms with Crippen LogP contribution in [0, 0.1) is 41.4 Å². The van der Waals surface area contributed by atoms with Gasteiger partial charge in [0.25, 0.3) is 0 Å². The molecule has 0 spiro atoms. The molecule has 28 heavy (non-hydrogen) atoms. The minimum atomic E-state index is 0.883. The lowest BCUT2D eigenvalue weighted by molar-refractivity contribution is 0.263. The van der Waals surface area contributed by atoms with Gasteiger partial charge in [0.1, 0.15) is 0 Å². The minimum absolute atomic E-state index is 0.883. The summed E-state index contributed by atoms with van der Waals surface area (Å²) in [5.41, 5.74) is 0. The van der Waals surface area contributed by atoms with Crippen molar-refractivity contribution in [3.05, 3.63) is 0 Å². The van der Waals surface area contributed by atoms with Gasteiger partial charge in [-0.15, -0.1) is 0 Å². The van der Waals surface area contributed by atoms with E-state index in [2.05, 4.69) is 34.6 Å². The summed E-state index contributed by atoms with van der Waals surface area (Å²) in [7, 11) is 0. The molecule has 0 aromatic carbocycles. The molecule has 2 saturated carbocycles. The van der Waals surface area contributed by atoms with Crippen LogP contribution in [0.1, 0.15) is 137 Å². The van der Waals surface area contributed by atoms with Crippen LogP contribution in [0.25, 0.3) is 0 Å². The first-order valence-corrected chi connectivity index (χ1v) is 13.4. The molecule has 0 aromatic heterocycles. The van der Waals surface area contributed by atoms with Crippen molar-refractivity contribution in [2.75, 3.05) is 0 Å². The monoisotopic (exact) mass is 390 g/mol. The van der Waals surface area contributed by atoms with Crippen molar-refractivity contribution < 1.29 is 0 Å². The molecule has 2 aliphatic rings. The van der Waals surface area contributed by atoms with Crippen LogP contribution in [-0.2, 0) is 0 Å². The Morgan fingerprint density at radius 3 is 1.39 bits per heavy atom. The Balaban J connectivity index is 1.46. The van der Waals surface area contributed by atoms with Gasteiger partial charge in [0.2, 0.25) is 0 Å². The first kappa shape index (κ1) is 24.3. The van der Waals surface area contributed by atoms with Crippen LogP contribution >= 0.6 is 0 Å². The van der Waals surface area contributed by atoms with Gasteiger partial charge in [0.15, 0.2) is 0 Å². The van der Waals surface area contributed by atoms with Crippen molar-refractivity contribution in [1.29, 1.82) is 0 Å². The molecule has 0 heterocycles. The summed E-state index contributed by atoms with van der Waals surface area (Å²) in [4.78, 5) is 0. The maximum atomic E-state index is 2.58. The summed E-state index contributed by atoms with van der Waals surface area (Å²) in [5, 5.41) is 0. The Bertz CT molecular complexity index is 361. The molecule has 0 aliphatic heterocycles. The number of unbranched alkanes of at least 4 members (excludes halogenated alkanes) is 1. The lowest BCUT2D eigenvalue weighted by Gasteiger charge is -2.25. The van der Waals surface area contributed by atoms with E-state index in [-0.39, 0.29) is 0 Å². The van der Waals surface area contributed by atoms with E-state index in [9.17, 15) is 0 Å². The second kappa shape index (κ2) is 13.3. The molecule has 166 valence electrons. The van der Waals surface area contributed by atoms with E-state index >= 15 is 0 Å². The quantitative estimate of drug-likeness (QED) is 0.204. The van der Waals surface area contributed by atoms with Gasteiger partial charge in [-0.1, -0.05) is 125 Å². The SMILES string of the molecule is CC(C)CCCC(C)CCCCC(C)CCCC(C)C(CC1CC1)CC1CC1. The van der Waals surface area contributed by atoms with Crippen LogP contribution in [0.4, 0.5) is 0 Å². The van der Waals surface area contributed by atoms with E-state index in [1.807, 2.05) is 0 Å². The highest BCUT2D eigenvalue weighted by atomic mass is 14.4. The summed E-state index contributed by atoms with van der Waals surface area (Å²) >= 11 is 0. The molecular formula is C28H54. The van der Waals surface area contributed by atoms with Crippen LogP contribution in [-0.4, -0.2) is 0 Å². The predicted octanol–water partition coefficient (Wildman–Crippen LogP) is 9.67. The highest BCUT2D eigenvalue weighted by Gasteiger charge is 2.32. The molecule has 3 atom stereocenters. The highest BCUT2D eigenvalue weighted by Crippen LogP contribution is 2.44. The molecule has 0 bridgehead atoms. The second-order valence-electron chi connectivity index (χ2n) is 11.8. The zero-order valence-corrected chi connectivity index (χ0v) is 20.4. The largest absolute Gasteiger partial charge is 0.0628 e. The van der Waals surface area contributed by atoms with Crippen molar-refractivity contribution in [3.63, 3.8) is 0 Å². The van der Waals surface area contributed by atoms with Crippen molar-refractivity contribution in [3.8, 4) is 0 Å². The fourth-order valence-corrected chi connectivity index (χ4v) is 5.30. The van der Waals surface area contributed by atoms with E-state index in [1.165, 1.54) is 64.2 Å². The van der Waals surface area contributed by atoms with E-state index in [1.54, 1.807) is 38.5 Å². The number of hydrogen-bond donors (Lipinski definition) is 0. The first-order chi connectivity index (χ1) is 13.4. The van der Waals surface area contributed by atoms with E-state index in [0.717, 1.165) is 41.4 Å². The molecule has 0 saturated heterocycles. The topological polar surface area (TPSA) is 0 Å². The van der Waals surface area contributed by atoms with Crippen molar-refractivity contribution in [2.24, 2.45) is 41.4 Å². The van der Waals surface area contributed by atoms with Crippen LogP contribution in [0.5, 0.6) is 0 Å². The van der Waals surface area contributed by atoms with Crippen molar-refractivity contribution in [1.82, 2.24) is 0 Å². The molecule has 0 radical (unpaired) electrons. The lowest BCUT2D eigenvalue weighted by Crippen LogP contribution is -2.14. The van der Waals surface area contributed by atoms with Gasteiger partial charge in [-0.05, 0) is 54.3 Å². The zero-order chi connectivity index (χ0) is 20.4. The van der Waals surface area contributed by atoms with Gasteiger partial charge >= 0.3 is 0 Å². The summed E-state index contributed by atoms with van der Waals surface area (Å²) in [5.74, 6) is 7.08. The second-order valence-corrected chi connectivity index (χ2v) is 11.8. The van der Waals surface area contributed by atoms with Crippen molar-refractivity contribution >= 4 is 0 Å². The van der Waals surface area contributed by atoms with Crippen molar-refractivity contribution in [2.45, 2.75) is 137 Å². The molecule has 0 amide bonds. The summed E-state index contributed by atoms with van der Waals surface area (Å²) < 4.78 is 0. The summed E-state index contributed by atoms with van der Waals surface area (Å²) in [6.45, 7) is 12.3. The summed E-state index contributed by atoms with van der Waals surface area (Å²) in [6, 6.07) is 0. The molecule has 0 heteroatoms. The molecule has 0 aromatic rings. The fourth-order valence-electron chi connectivity index (χ4n) is 5.30. The number of rotatable bonds is 18.